The van der Waals surface area contributed by atoms with Gasteiger partial charge in [0.1, 0.15) is 12.3 Å². The van der Waals surface area contributed by atoms with E-state index in [2.05, 4.69) is 5.32 Å². The highest BCUT2D eigenvalue weighted by Crippen LogP contribution is 2.26. The molecule has 8 nitrogen and oxygen atoms in total. The summed E-state index contributed by atoms with van der Waals surface area (Å²) in [5.41, 5.74) is 1.66. The van der Waals surface area contributed by atoms with Crippen LogP contribution in [0.4, 0.5) is 11.4 Å². The molecule has 3 aromatic rings. The quantitative estimate of drug-likeness (QED) is 0.462. The van der Waals surface area contributed by atoms with Crippen molar-refractivity contribution in [1.29, 1.82) is 0 Å². The predicted molar refractivity (Wildman–Crippen MR) is 130 cm³/mol. The molecule has 0 aliphatic heterocycles. The van der Waals surface area contributed by atoms with E-state index < -0.39 is 28.4 Å². The first-order chi connectivity index (χ1) is 16.3. The molecule has 0 unspecified atom stereocenters. The topological polar surface area (TPSA) is 102 Å². The van der Waals surface area contributed by atoms with E-state index in [0.717, 1.165) is 9.87 Å². The van der Waals surface area contributed by atoms with E-state index in [-0.39, 0.29) is 16.1 Å². The summed E-state index contributed by atoms with van der Waals surface area (Å²) in [5, 5.41) is 2.62. The number of esters is 1. The van der Waals surface area contributed by atoms with Gasteiger partial charge in [0.2, 0.25) is 5.91 Å². The Morgan fingerprint density at radius 1 is 0.941 bits per heavy atom. The fourth-order valence-corrected chi connectivity index (χ4v) is 4.65. The summed E-state index contributed by atoms with van der Waals surface area (Å²) in [7, 11) is -2.85. The van der Waals surface area contributed by atoms with Crippen LogP contribution in [0.2, 0.25) is 0 Å². The summed E-state index contributed by atoms with van der Waals surface area (Å²) in [4.78, 5) is 25.0. The van der Waals surface area contributed by atoms with Gasteiger partial charge in [-0.05, 0) is 62.4 Å². The molecule has 1 amide bonds. The SMILES string of the molecule is CCOc1ccc(S(=O)(=O)N(CC(=O)Nc2ccccc2C(=O)OC)c2ccc(C)cc2)cc1. The number of aryl methyl sites for hydroxylation is 1. The molecule has 0 aromatic heterocycles. The van der Waals surface area contributed by atoms with Crippen LogP contribution in [0.1, 0.15) is 22.8 Å². The molecule has 0 aliphatic rings. The summed E-state index contributed by atoms with van der Waals surface area (Å²) in [6.07, 6.45) is 0. The van der Waals surface area contributed by atoms with E-state index in [9.17, 15) is 18.0 Å². The van der Waals surface area contributed by atoms with Crippen molar-refractivity contribution < 1.29 is 27.5 Å². The Morgan fingerprint density at radius 2 is 1.59 bits per heavy atom. The lowest BCUT2D eigenvalue weighted by atomic mass is 10.2. The fourth-order valence-electron chi connectivity index (χ4n) is 3.23. The maximum absolute atomic E-state index is 13.5. The third-order valence-corrected chi connectivity index (χ3v) is 6.73. The second-order valence-corrected chi connectivity index (χ2v) is 9.20. The standard InChI is InChI=1S/C25H26N2O6S/c1-4-33-20-13-15-21(16-14-20)34(30,31)27(19-11-9-18(2)10-12-19)17-24(28)26-23-8-6-5-7-22(23)25(29)32-3/h5-16H,4,17H2,1-3H3,(H,26,28). The number of para-hydroxylation sites is 1. The molecule has 0 saturated heterocycles. The van der Waals surface area contributed by atoms with Gasteiger partial charge in [-0.2, -0.15) is 0 Å². The molecular formula is C25H26N2O6S. The number of hydrogen-bond donors (Lipinski definition) is 1. The van der Waals surface area contributed by atoms with Crippen molar-refractivity contribution in [3.63, 3.8) is 0 Å². The minimum atomic E-state index is -4.09. The van der Waals surface area contributed by atoms with Crippen LogP contribution < -0.4 is 14.4 Å². The van der Waals surface area contributed by atoms with Crippen molar-refractivity contribution in [2.75, 3.05) is 29.9 Å². The van der Waals surface area contributed by atoms with Gasteiger partial charge in [0.15, 0.2) is 0 Å². The lowest BCUT2D eigenvalue weighted by Gasteiger charge is -2.24. The number of carbonyl (C=O) groups is 2. The molecule has 0 atom stereocenters. The number of rotatable bonds is 9. The molecule has 0 saturated carbocycles. The van der Waals surface area contributed by atoms with E-state index in [1.165, 1.54) is 25.3 Å². The van der Waals surface area contributed by atoms with Crippen LogP contribution in [-0.4, -0.2) is 40.6 Å². The molecular weight excluding hydrogens is 456 g/mol. The summed E-state index contributed by atoms with van der Waals surface area (Å²) >= 11 is 0. The largest absolute Gasteiger partial charge is 0.494 e. The minimum Gasteiger partial charge on any atom is -0.494 e. The second kappa shape index (κ2) is 10.8. The predicted octanol–water partition coefficient (Wildman–Crippen LogP) is 4.01. The van der Waals surface area contributed by atoms with Gasteiger partial charge in [0, 0.05) is 0 Å². The number of ether oxygens (including phenoxy) is 2. The van der Waals surface area contributed by atoms with Crippen molar-refractivity contribution in [3.8, 4) is 5.75 Å². The molecule has 0 heterocycles. The van der Waals surface area contributed by atoms with Crippen LogP contribution in [0.3, 0.4) is 0 Å². The van der Waals surface area contributed by atoms with Gasteiger partial charge in [-0.3, -0.25) is 9.10 Å². The van der Waals surface area contributed by atoms with Gasteiger partial charge in [-0.1, -0.05) is 29.8 Å². The minimum absolute atomic E-state index is 0.0132. The Morgan fingerprint density at radius 3 is 2.21 bits per heavy atom. The van der Waals surface area contributed by atoms with E-state index in [4.69, 9.17) is 9.47 Å². The van der Waals surface area contributed by atoms with Crippen LogP contribution in [0, 0.1) is 6.92 Å². The molecule has 34 heavy (non-hydrogen) atoms. The highest BCUT2D eigenvalue weighted by Gasteiger charge is 2.28. The Hall–Kier alpha value is -3.85. The smallest absolute Gasteiger partial charge is 0.339 e. The Labute approximate surface area is 199 Å². The summed E-state index contributed by atoms with van der Waals surface area (Å²) in [5.74, 6) is -0.694. The first kappa shape index (κ1) is 24.8. The summed E-state index contributed by atoms with van der Waals surface area (Å²) in [6.45, 7) is 3.66. The number of carbonyl (C=O) groups excluding carboxylic acids is 2. The third kappa shape index (κ3) is 5.74. The highest BCUT2D eigenvalue weighted by atomic mass is 32.2. The maximum atomic E-state index is 13.5. The zero-order valence-electron chi connectivity index (χ0n) is 19.1. The van der Waals surface area contributed by atoms with Gasteiger partial charge >= 0.3 is 5.97 Å². The van der Waals surface area contributed by atoms with E-state index in [1.54, 1.807) is 54.6 Å². The number of amides is 1. The zero-order valence-corrected chi connectivity index (χ0v) is 20.0. The molecule has 0 fully saturated rings. The van der Waals surface area contributed by atoms with E-state index >= 15 is 0 Å². The normalized spacial score (nSPS) is 10.9. The number of hydrogen-bond acceptors (Lipinski definition) is 6. The number of anilines is 2. The molecule has 9 heteroatoms. The van der Waals surface area contributed by atoms with Crippen molar-refractivity contribution in [1.82, 2.24) is 0 Å². The molecule has 3 aromatic carbocycles. The van der Waals surface area contributed by atoms with Crippen LogP contribution in [0.15, 0.2) is 77.7 Å². The lowest BCUT2D eigenvalue weighted by Crippen LogP contribution is -2.38. The molecule has 3 rings (SSSR count). The molecule has 0 aliphatic carbocycles. The van der Waals surface area contributed by atoms with Gasteiger partial charge in [0.25, 0.3) is 10.0 Å². The van der Waals surface area contributed by atoms with E-state index in [0.29, 0.717) is 18.0 Å². The van der Waals surface area contributed by atoms with Gasteiger partial charge in [-0.25, -0.2) is 13.2 Å². The number of methoxy groups -OCH3 is 1. The molecule has 0 spiro atoms. The highest BCUT2D eigenvalue weighted by molar-refractivity contribution is 7.92. The van der Waals surface area contributed by atoms with Crippen LogP contribution >= 0.6 is 0 Å². The first-order valence-electron chi connectivity index (χ1n) is 10.6. The second-order valence-electron chi connectivity index (χ2n) is 7.34. The Balaban J connectivity index is 1.93. The molecule has 1 N–H and O–H groups in total. The van der Waals surface area contributed by atoms with Gasteiger partial charge in [-0.15, -0.1) is 0 Å². The van der Waals surface area contributed by atoms with E-state index in [1.807, 2.05) is 13.8 Å². The van der Waals surface area contributed by atoms with Crippen LogP contribution in [0.25, 0.3) is 0 Å². The Bertz CT molecular complexity index is 1260. The fraction of sp³-hybridized carbons (Fsp3) is 0.200. The third-order valence-electron chi connectivity index (χ3n) is 4.94. The maximum Gasteiger partial charge on any atom is 0.339 e. The average molecular weight is 483 g/mol. The van der Waals surface area contributed by atoms with Crippen molar-refractivity contribution in [3.05, 3.63) is 83.9 Å². The lowest BCUT2D eigenvalue weighted by molar-refractivity contribution is -0.114. The molecule has 178 valence electrons. The summed E-state index contributed by atoms with van der Waals surface area (Å²) in [6, 6.07) is 19.1. The zero-order chi connectivity index (χ0) is 24.7. The number of sulfonamides is 1. The number of benzene rings is 3. The van der Waals surface area contributed by atoms with Crippen LogP contribution in [-0.2, 0) is 19.6 Å². The first-order valence-corrected chi connectivity index (χ1v) is 12.0. The Kier molecular flexibility index (Phi) is 7.91. The average Bonchev–Trinajstić information content (AvgIpc) is 2.83. The summed E-state index contributed by atoms with van der Waals surface area (Å²) < 4.78 is 38.2. The van der Waals surface area contributed by atoms with Crippen molar-refractivity contribution >= 4 is 33.3 Å². The molecule has 0 radical (unpaired) electrons. The van der Waals surface area contributed by atoms with Gasteiger partial charge < -0.3 is 14.8 Å². The van der Waals surface area contributed by atoms with Crippen molar-refractivity contribution in [2.45, 2.75) is 18.7 Å². The van der Waals surface area contributed by atoms with Gasteiger partial charge in [0.05, 0.1) is 35.6 Å². The number of nitrogens with one attached hydrogen (secondary N) is 1. The molecule has 0 bridgehead atoms. The van der Waals surface area contributed by atoms with Crippen LogP contribution in [0.5, 0.6) is 5.75 Å². The monoisotopic (exact) mass is 482 g/mol. The number of nitrogens with zero attached hydrogens (tertiary/aromatic N) is 1. The van der Waals surface area contributed by atoms with Crippen molar-refractivity contribution in [2.24, 2.45) is 0 Å².